The number of carbonyl (C=O) groups is 2. The second-order valence-corrected chi connectivity index (χ2v) is 10.7. The van der Waals surface area contributed by atoms with E-state index >= 15 is 0 Å². The molecule has 6 nitrogen and oxygen atoms in total. The zero-order valence-corrected chi connectivity index (χ0v) is 20.2. The van der Waals surface area contributed by atoms with Gasteiger partial charge in [0.2, 0.25) is 11.8 Å². The maximum atomic E-state index is 14.0. The number of ether oxygens (including phenoxy) is 1. The van der Waals surface area contributed by atoms with Crippen LogP contribution in [0.15, 0.2) is 53.1 Å². The van der Waals surface area contributed by atoms with E-state index < -0.39 is 0 Å². The van der Waals surface area contributed by atoms with Crippen molar-refractivity contribution in [2.24, 2.45) is 23.2 Å². The van der Waals surface area contributed by atoms with Crippen LogP contribution in [0.5, 0.6) is 0 Å². The van der Waals surface area contributed by atoms with Gasteiger partial charge in [0, 0.05) is 20.2 Å². The SMILES string of the molecule is COCCN(CC(=O)N(Cc1ccccc1)Cc1ccco1)C(=O)C12CC3CC(CC(C3)C1)C2. The first kappa shape index (κ1) is 23.2. The molecule has 1 heterocycles. The summed E-state index contributed by atoms with van der Waals surface area (Å²) < 4.78 is 10.9. The van der Waals surface area contributed by atoms with Crippen molar-refractivity contribution in [2.75, 3.05) is 26.8 Å². The molecule has 4 aliphatic rings. The van der Waals surface area contributed by atoms with Gasteiger partial charge in [0.05, 0.1) is 31.4 Å². The number of rotatable bonds is 10. The maximum absolute atomic E-state index is 14.0. The van der Waals surface area contributed by atoms with Gasteiger partial charge in [-0.3, -0.25) is 9.59 Å². The third-order valence-electron chi connectivity index (χ3n) is 8.17. The molecule has 0 N–H and O–H groups in total. The Hall–Kier alpha value is -2.60. The molecule has 2 amide bonds. The Labute approximate surface area is 202 Å². The molecular weight excluding hydrogens is 428 g/mol. The van der Waals surface area contributed by atoms with Crippen molar-refractivity contribution < 1.29 is 18.7 Å². The zero-order valence-electron chi connectivity index (χ0n) is 20.2. The lowest BCUT2D eigenvalue weighted by molar-refractivity contribution is -0.161. The Morgan fingerprint density at radius 3 is 2.21 bits per heavy atom. The summed E-state index contributed by atoms with van der Waals surface area (Å²) >= 11 is 0. The minimum atomic E-state index is -0.270. The average Bonchev–Trinajstić information content (AvgIpc) is 3.34. The summed E-state index contributed by atoms with van der Waals surface area (Å²) in [6.07, 6.45) is 8.48. The summed E-state index contributed by atoms with van der Waals surface area (Å²) in [4.78, 5) is 31.2. The second kappa shape index (κ2) is 9.95. The fourth-order valence-corrected chi connectivity index (χ4v) is 7.05. The summed E-state index contributed by atoms with van der Waals surface area (Å²) in [6.45, 7) is 1.82. The van der Waals surface area contributed by atoms with E-state index in [-0.39, 0.29) is 23.8 Å². The van der Waals surface area contributed by atoms with Crippen LogP contribution in [0.4, 0.5) is 0 Å². The van der Waals surface area contributed by atoms with Gasteiger partial charge >= 0.3 is 0 Å². The quantitative estimate of drug-likeness (QED) is 0.519. The van der Waals surface area contributed by atoms with Crippen molar-refractivity contribution in [3.05, 3.63) is 60.1 Å². The summed E-state index contributed by atoms with van der Waals surface area (Å²) in [5.41, 5.74) is 0.784. The Kier molecular flexibility index (Phi) is 6.77. The number of hydrogen-bond acceptors (Lipinski definition) is 4. The van der Waals surface area contributed by atoms with Gasteiger partial charge in [-0.15, -0.1) is 0 Å². The number of nitrogens with zero attached hydrogens (tertiary/aromatic N) is 2. The molecule has 4 bridgehead atoms. The van der Waals surface area contributed by atoms with Crippen LogP contribution in [0.25, 0.3) is 0 Å². The molecular formula is C28H36N2O4. The Balaban J connectivity index is 1.34. The molecule has 6 rings (SSSR count). The standard InChI is InChI=1S/C28H36N2O4/c1-33-11-9-29(27(32)28-15-22-12-23(16-28)14-24(13-22)17-28)20-26(31)30(19-25-8-5-10-34-25)18-21-6-3-2-4-7-21/h2-8,10,22-24H,9,11-20H2,1H3. The van der Waals surface area contributed by atoms with Crippen molar-refractivity contribution in [3.63, 3.8) is 0 Å². The van der Waals surface area contributed by atoms with Crippen LogP contribution in [0.1, 0.15) is 49.8 Å². The van der Waals surface area contributed by atoms with E-state index in [9.17, 15) is 9.59 Å². The molecule has 0 atom stereocenters. The van der Waals surface area contributed by atoms with Crippen molar-refractivity contribution in [1.82, 2.24) is 9.80 Å². The van der Waals surface area contributed by atoms with Crippen LogP contribution in [-0.4, -0.2) is 48.4 Å². The zero-order chi connectivity index (χ0) is 23.5. The molecule has 0 aliphatic heterocycles. The van der Waals surface area contributed by atoms with Crippen molar-refractivity contribution in [2.45, 2.75) is 51.6 Å². The summed E-state index contributed by atoms with van der Waals surface area (Å²) in [7, 11) is 1.65. The van der Waals surface area contributed by atoms with Crippen LogP contribution in [0, 0.1) is 23.2 Å². The summed E-state index contributed by atoms with van der Waals surface area (Å²) in [6, 6.07) is 13.7. The van der Waals surface area contributed by atoms with Gasteiger partial charge in [0.1, 0.15) is 5.76 Å². The minimum Gasteiger partial charge on any atom is -0.467 e. The molecule has 2 aromatic rings. The molecule has 4 fully saturated rings. The summed E-state index contributed by atoms with van der Waals surface area (Å²) in [5.74, 6) is 2.90. The predicted molar refractivity (Wildman–Crippen MR) is 128 cm³/mol. The number of hydrogen-bond donors (Lipinski definition) is 0. The summed E-state index contributed by atoms with van der Waals surface area (Å²) in [5, 5.41) is 0. The predicted octanol–water partition coefficient (Wildman–Crippen LogP) is 4.50. The molecule has 34 heavy (non-hydrogen) atoms. The largest absolute Gasteiger partial charge is 0.467 e. The number of benzene rings is 1. The van der Waals surface area contributed by atoms with Crippen LogP contribution < -0.4 is 0 Å². The highest BCUT2D eigenvalue weighted by Crippen LogP contribution is 2.60. The first-order chi connectivity index (χ1) is 16.5. The van der Waals surface area contributed by atoms with Crippen LogP contribution in [0.2, 0.25) is 0 Å². The third kappa shape index (κ3) is 4.92. The molecule has 0 saturated heterocycles. The lowest BCUT2D eigenvalue weighted by Crippen LogP contribution is -2.56. The third-order valence-corrected chi connectivity index (χ3v) is 8.17. The van der Waals surface area contributed by atoms with Crippen LogP contribution in [0.3, 0.4) is 0 Å². The van der Waals surface area contributed by atoms with E-state index in [4.69, 9.17) is 9.15 Å². The van der Waals surface area contributed by atoms with Crippen LogP contribution in [-0.2, 0) is 27.4 Å². The van der Waals surface area contributed by atoms with E-state index in [1.165, 1.54) is 19.3 Å². The van der Waals surface area contributed by atoms with E-state index in [1.54, 1.807) is 23.2 Å². The van der Waals surface area contributed by atoms with Gasteiger partial charge < -0.3 is 19.0 Å². The van der Waals surface area contributed by atoms with Gasteiger partial charge in [-0.05, 0) is 74.0 Å². The van der Waals surface area contributed by atoms with Gasteiger partial charge in [0.15, 0.2) is 0 Å². The lowest BCUT2D eigenvalue weighted by atomic mass is 9.49. The van der Waals surface area contributed by atoms with Crippen molar-refractivity contribution >= 4 is 11.8 Å². The molecule has 4 saturated carbocycles. The molecule has 4 aliphatic carbocycles. The topological polar surface area (TPSA) is 63.0 Å². The average molecular weight is 465 g/mol. The first-order valence-electron chi connectivity index (χ1n) is 12.7. The Morgan fingerprint density at radius 2 is 1.62 bits per heavy atom. The van der Waals surface area contributed by atoms with Gasteiger partial charge in [0.25, 0.3) is 0 Å². The fourth-order valence-electron chi connectivity index (χ4n) is 7.05. The molecule has 0 spiro atoms. The normalized spacial score (nSPS) is 27.0. The van der Waals surface area contributed by atoms with E-state index in [2.05, 4.69) is 0 Å². The molecule has 0 unspecified atom stereocenters. The van der Waals surface area contributed by atoms with E-state index in [0.29, 0.717) is 44.0 Å². The molecule has 6 heteroatoms. The van der Waals surface area contributed by atoms with Crippen molar-refractivity contribution in [1.29, 1.82) is 0 Å². The van der Waals surface area contributed by atoms with E-state index in [0.717, 1.165) is 30.6 Å². The number of methoxy groups -OCH3 is 1. The van der Waals surface area contributed by atoms with Gasteiger partial charge in [-0.1, -0.05) is 30.3 Å². The number of carbonyl (C=O) groups excluding carboxylic acids is 2. The smallest absolute Gasteiger partial charge is 0.242 e. The molecule has 0 radical (unpaired) electrons. The first-order valence-corrected chi connectivity index (χ1v) is 12.7. The Morgan fingerprint density at radius 1 is 0.941 bits per heavy atom. The molecule has 1 aromatic carbocycles. The van der Waals surface area contributed by atoms with Gasteiger partial charge in [-0.2, -0.15) is 0 Å². The molecule has 182 valence electrons. The fraction of sp³-hybridized carbons (Fsp3) is 0.571. The van der Waals surface area contributed by atoms with Gasteiger partial charge in [-0.25, -0.2) is 0 Å². The molecule has 1 aromatic heterocycles. The highest BCUT2D eigenvalue weighted by atomic mass is 16.5. The monoisotopic (exact) mass is 464 g/mol. The second-order valence-electron chi connectivity index (χ2n) is 10.7. The highest BCUT2D eigenvalue weighted by Gasteiger charge is 2.55. The van der Waals surface area contributed by atoms with Crippen LogP contribution >= 0.6 is 0 Å². The minimum absolute atomic E-state index is 0.0607. The lowest BCUT2D eigenvalue weighted by Gasteiger charge is -2.56. The number of amides is 2. The highest BCUT2D eigenvalue weighted by molar-refractivity contribution is 5.88. The Bertz CT molecular complexity index is 936. The van der Waals surface area contributed by atoms with Crippen molar-refractivity contribution in [3.8, 4) is 0 Å². The maximum Gasteiger partial charge on any atom is 0.242 e. The van der Waals surface area contributed by atoms with E-state index in [1.807, 2.05) is 42.5 Å². The number of furan rings is 1.